The van der Waals surface area contributed by atoms with Gasteiger partial charge < -0.3 is 5.32 Å². The number of amides is 1. The summed E-state index contributed by atoms with van der Waals surface area (Å²) >= 11 is 6.05. The van der Waals surface area contributed by atoms with Crippen molar-refractivity contribution in [3.05, 3.63) is 71.4 Å². The molecule has 1 heterocycles. The first-order valence-corrected chi connectivity index (χ1v) is 10.8. The second-order valence-corrected chi connectivity index (χ2v) is 8.45. The predicted octanol–water partition coefficient (Wildman–Crippen LogP) is 4.33. The van der Waals surface area contributed by atoms with Crippen LogP contribution in [-0.2, 0) is 11.2 Å². The molecule has 1 aliphatic rings. The molecule has 1 amide bonds. The first-order valence-electron chi connectivity index (χ1n) is 10.4. The van der Waals surface area contributed by atoms with Crippen molar-refractivity contribution in [3.63, 3.8) is 0 Å². The SMILES string of the molecule is CC(CNC(=O)Cc1cn(-c2ccccc2)nc1-c1ccc(Cl)cc1)N(C)C1CC1. The molecule has 0 bridgehead atoms. The molecular formula is C24H27ClN4O. The summed E-state index contributed by atoms with van der Waals surface area (Å²) in [5.41, 5.74) is 3.59. The van der Waals surface area contributed by atoms with Crippen molar-refractivity contribution >= 4 is 17.5 Å². The maximum Gasteiger partial charge on any atom is 0.224 e. The highest BCUT2D eigenvalue weighted by atomic mass is 35.5. The van der Waals surface area contributed by atoms with Gasteiger partial charge in [0.1, 0.15) is 0 Å². The summed E-state index contributed by atoms with van der Waals surface area (Å²) in [5.74, 6) is 0.00821. The van der Waals surface area contributed by atoms with Crippen LogP contribution in [0.4, 0.5) is 0 Å². The highest BCUT2D eigenvalue weighted by Crippen LogP contribution is 2.27. The minimum Gasteiger partial charge on any atom is -0.354 e. The van der Waals surface area contributed by atoms with E-state index >= 15 is 0 Å². The molecule has 1 saturated carbocycles. The third kappa shape index (κ3) is 4.91. The van der Waals surface area contributed by atoms with Crippen LogP contribution in [0, 0.1) is 0 Å². The fraction of sp³-hybridized carbons (Fsp3) is 0.333. The van der Waals surface area contributed by atoms with Crippen molar-refractivity contribution in [2.75, 3.05) is 13.6 Å². The minimum atomic E-state index is 0.00821. The maximum absolute atomic E-state index is 12.7. The molecule has 0 spiro atoms. The van der Waals surface area contributed by atoms with E-state index in [0.717, 1.165) is 22.5 Å². The Bertz CT molecular complexity index is 996. The van der Waals surface area contributed by atoms with Crippen molar-refractivity contribution in [1.29, 1.82) is 0 Å². The zero-order chi connectivity index (χ0) is 21.1. The Hall–Kier alpha value is -2.63. The van der Waals surface area contributed by atoms with Crippen LogP contribution in [0.1, 0.15) is 25.3 Å². The Kier molecular flexibility index (Phi) is 6.21. The molecule has 1 aliphatic carbocycles. The number of para-hydroxylation sites is 1. The summed E-state index contributed by atoms with van der Waals surface area (Å²) in [5, 5.41) is 8.54. The van der Waals surface area contributed by atoms with Crippen LogP contribution in [0.25, 0.3) is 16.9 Å². The normalized spacial score (nSPS) is 14.7. The summed E-state index contributed by atoms with van der Waals surface area (Å²) in [6, 6.07) is 18.5. The van der Waals surface area contributed by atoms with E-state index in [4.69, 9.17) is 16.7 Å². The third-order valence-electron chi connectivity index (χ3n) is 5.69. The number of carbonyl (C=O) groups excluding carboxylic acids is 1. The molecule has 6 heteroatoms. The first-order chi connectivity index (χ1) is 14.5. The number of nitrogens with one attached hydrogen (secondary N) is 1. The third-order valence-corrected chi connectivity index (χ3v) is 5.94. The van der Waals surface area contributed by atoms with Crippen molar-refractivity contribution in [2.45, 2.75) is 38.3 Å². The molecule has 1 N–H and O–H groups in total. The number of carbonyl (C=O) groups is 1. The van der Waals surface area contributed by atoms with E-state index in [0.29, 0.717) is 23.7 Å². The maximum atomic E-state index is 12.7. The van der Waals surface area contributed by atoms with Crippen molar-refractivity contribution < 1.29 is 4.79 Å². The van der Waals surface area contributed by atoms with Gasteiger partial charge in [-0.05, 0) is 51.1 Å². The van der Waals surface area contributed by atoms with E-state index in [1.807, 2.05) is 65.5 Å². The highest BCUT2D eigenvalue weighted by Gasteiger charge is 2.29. The number of hydrogen-bond acceptors (Lipinski definition) is 3. The second-order valence-electron chi connectivity index (χ2n) is 8.02. The Morgan fingerprint density at radius 2 is 1.90 bits per heavy atom. The zero-order valence-corrected chi connectivity index (χ0v) is 18.1. The van der Waals surface area contributed by atoms with Gasteiger partial charge in [0.15, 0.2) is 0 Å². The van der Waals surface area contributed by atoms with E-state index < -0.39 is 0 Å². The van der Waals surface area contributed by atoms with Gasteiger partial charge in [-0.15, -0.1) is 0 Å². The Morgan fingerprint density at radius 3 is 2.57 bits per heavy atom. The van der Waals surface area contributed by atoms with Gasteiger partial charge in [0.25, 0.3) is 0 Å². The molecule has 156 valence electrons. The van der Waals surface area contributed by atoms with Gasteiger partial charge in [0, 0.05) is 41.0 Å². The minimum absolute atomic E-state index is 0.00821. The number of hydrogen-bond donors (Lipinski definition) is 1. The molecule has 0 radical (unpaired) electrons. The lowest BCUT2D eigenvalue weighted by Gasteiger charge is -2.24. The molecule has 30 heavy (non-hydrogen) atoms. The number of rotatable bonds is 8. The van der Waals surface area contributed by atoms with E-state index in [2.05, 4.69) is 24.2 Å². The van der Waals surface area contributed by atoms with Crippen LogP contribution in [0.5, 0.6) is 0 Å². The van der Waals surface area contributed by atoms with Crippen LogP contribution >= 0.6 is 11.6 Å². The van der Waals surface area contributed by atoms with Gasteiger partial charge in [-0.2, -0.15) is 5.10 Å². The number of aromatic nitrogens is 2. The summed E-state index contributed by atoms with van der Waals surface area (Å²) in [6.07, 6.45) is 4.75. The lowest BCUT2D eigenvalue weighted by Crippen LogP contribution is -2.41. The number of likely N-dealkylation sites (N-methyl/N-ethyl adjacent to an activating group) is 1. The Labute approximate surface area is 182 Å². The molecule has 0 saturated heterocycles. The standard InChI is InChI=1S/C24H27ClN4O/c1-17(28(2)21-12-13-21)15-26-23(30)14-19-16-29(22-6-4-3-5-7-22)27-24(19)18-8-10-20(25)11-9-18/h3-11,16-17,21H,12-15H2,1-2H3,(H,26,30). The fourth-order valence-electron chi connectivity index (χ4n) is 3.59. The molecule has 4 rings (SSSR count). The van der Waals surface area contributed by atoms with Crippen molar-refractivity contribution in [2.24, 2.45) is 0 Å². The summed E-state index contributed by atoms with van der Waals surface area (Å²) in [7, 11) is 2.14. The van der Waals surface area contributed by atoms with Crippen molar-refractivity contribution in [3.8, 4) is 16.9 Å². The van der Waals surface area contributed by atoms with Gasteiger partial charge in [0.2, 0.25) is 5.91 Å². The predicted molar refractivity (Wildman–Crippen MR) is 121 cm³/mol. The molecule has 1 unspecified atom stereocenters. The van der Waals surface area contributed by atoms with E-state index in [-0.39, 0.29) is 12.3 Å². The lowest BCUT2D eigenvalue weighted by atomic mass is 10.1. The summed E-state index contributed by atoms with van der Waals surface area (Å²) in [6.45, 7) is 2.81. The van der Waals surface area contributed by atoms with Gasteiger partial charge in [-0.25, -0.2) is 4.68 Å². The summed E-state index contributed by atoms with van der Waals surface area (Å²) in [4.78, 5) is 15.1. The largest absolute Gasteiger partial charge is 0.354 e. The Balaban J connectivity index is 1.52. The lowest BCUT2D eigenvalue weighted by molar-refractivity contribution is -0.120. The van der Waals surface area contributed by atoms with Gasteiger partial charge in [-0.3, -0.25) is 9.69 Å². The van der Waals surface area contributed by atoms with Crippen LogP contribution in [0.3, 0.4) is 0 Å². The van der Waals surface area contributed by atoms with Gasteiger partial charge in [0.05, 0.1) is 17.8 Å². The molecule has 1 fully saturated rings. The highest BCUT2D eigenvalue weighted by molar-refractivity contribution is 6.30. The fourth-order valence-corrected chi connectivity index (χ4v) is 3.71. The number of halogens is 1. The topological polar surface area (TPSA) is 50.2 Å². The molecule has 1 aromatic heterocycles. The average molecular weight is 423 g/mol. The van der Waals surface area contributed by atoms with Gasteiger partial charge >= 0.3 is 0 Å². The van der Waals surface area contributed by atoms with Crippen LogP contribution in [-0.4, -0.2) is 46.3 Å². The van der Waals surface area contributed by atoms with E-state index in [1.165, 1.54) is 12.8 Å². The van der Waals surface area contributed by atoms with Crippen LogP contribution in [0.15, 0.2) is 60.8 Å². The zero-order valence-electron chi connectivity index (χ0n) is 17.4. The second kappa shape index (κ2) is 9.02. The van der Waals surface area contributed by atoms with Crippen molar-refractivity contribution in [1.82, 2.24) is 20.0 Å². The molecule has 3 aromatic rings. The molecule has 2 aromatic carbocycles. The molecule has 1 atom stereocenters. The van der Waals surface area contributed by atoms with E-state index in [9.17, 15) is 4.79 Å². The van der Waals surface area contributed by atoms with E-state index in [1.54, 1.807) is 0 Å². The molecule has 0 aliphatic heterocycles. The quantitative estimate of drug-likeness (QED) is 0.587. The molecule has 5 nitrogen and oxygen atoms in total. The van der Waals surface area contributed by atoms with Gasteiger partial charge in [-0.1, -0.05) is 41.9 Å². The average Bonchev–Trinajstić information content (AvgIpc) is 3.53. The number of benzene rings is 2. The smallest absolute Gasteiger partial charge is 0.224 e. The monoisotopic (exact) mass is 422 g/mol. The molecular weight excluding hydrogens is 396 g/mol. The van der Waals surface area contributed by atoms with Crippen LogP contribution < -0.4 is 5.32 Å². The van der Waals surface area contributed by atoms with Crippen LogP contribution in [0.2, 0.25) is 5.02 Å². The summed E-state index contributed by atoms with van der Waals surface area (Å²) < 4.78 is 1.83. The Morgan fingerprint density at radius 1 is 1.20 bits per heavy atom. The number of nitrogens with zero attached hydrogens (tertiary/aromatic N) is 3. The first kappa shape index (κ1) is 20.6.